The molecule has 0 heterocycles. The average molecular weight is 996 g/mol. The van der Waals surface area contributed by atoms with E-state index >= 15 is 0 Å². The first-order valence-corrected chi connectivity index (χ1v) is 39.1. The molecule has 0 aliphatic heterocycles. The molecule has 8 rings (SSSR count). The zero-order chi connectivity index (χ0) is 45.0. The molecule has 2 aliphatic rings. The Balaban J connectivity index is 0.000000208. The van der Waals surface area contributed by atoms with Crippen molar-refractivity contribution in [3.63, 3.8) is 0 Å². The Labute approximate surface area is 401 Å². The molecule has 0 saturated heterocycles. The van der Waals surface area contributed by atoms with E-state index in [0.29, 0.717) is 10.8 Å². The summed E-state index contributed by atoms with van der Waals surface area (Å²) in [6.07, 6.45) is 19.3. The molecule has 2 aliphatic carbocycles. The van der Waals surface area contributed by atoms with Crippen molar-refractivity contribution in [1.82, 2.24) is 0 Å². The molecule has 0 atom stereocenters. The Bertz CT molecular complexity index is 2080. The fraction of sp³-hybridized carbons (Fsp3) is 0.464. The zero-order valence-electron chi connectivity index (χ0n) is 40.0. The Morgan fingerprint density at radius 1 is 0.548 bits per heavy atom. The quantitative estimate of drug-likeness (QED) is 0.0847. The molecule has 0 aromatic heterocycles. The van der Waals surface area contributed by atoms with Crippen LogP contribution in [0.25, 0.3) is 43.8 Å². The van der Waals surface area contributed by atoms with Crippen LogP contribution in [-0.4, -0.2) is 25.7 Å². The van der Waals surface area contributed by atoms with Crippen molar-refractivity contribution >= 4 is 74.6 Å². The minimum absolute atomic E-state index is 0.568. The predicted molar refractivity (Wildman–Crippen MR) is 284 cm³/mol. The van der Waals surface area contributed by atoms with Crippen LogP contribution >= 0.6 is 17.0 Å². The van der Waals surface area contributed by atoms with E-state index in [2.05, 4.69) is 175 Å². The minimum atomic E-state index is -1.24. The molecule has 6 aromatic rings. The Morgan fingerprint density at radius 3 is 1.16 bits per heavy atom. The van der Waals surface area contributed by atoms with E-state index in [4.69, 9.17) is 17.0 Å². The Kier molecular flexibility index (Phi) is 19.5. The van der Waals surface area contributed by atoms with Crippen molar-refractivity contribution < 1.29 is 20.8 Å². The first kappa shape index (κ1) is 51.2. The maximum atomic E-state index is 4.93. The van der Waals surface area contributed by atoms with Crippen LogP contribution in [0.1, 0.15) is 102 Å². The van der Waals surface area contributed by atoms with E-state index in [1.807, 2.05) is 0 Å². The zero-order valence-corrected chi connectivity index (χ0v) is 47.0. The van der Waals surface area contributed by atoms with Crippen LogP contribution in [0.2, 0.25) is 52.4 Å². The van der Waals surface area contributed by atoms with Gasteiger partial charge in [0.15, 0.2) is 0 Å². The van der Waals surface area contributed by atoms with E-state index < -0.39 is 37.0 Å². The Morgan fingerprint density at radius 2 is 0.871 bits per heavy atom. The van der Waals surface area contributed by atoms with Gasteiger partial charge in [0.25, 0.3) is 0 Å². The van der Waals surface area contributed by atoms with Crippen molar-refractivity contribution in [2.75, 3.05) is 0 Å². The third-order valence-electron chi connectivity index (χ3n) is 13.8. The van der Waals surface area contributed by atoms with Gasteiger partial charge in [-0.1, -0.05) is 187 Å². The number of fused-ring (bicyclic) bond motifs is 2. The molecule has 0 N–H and O–H groups in total. The molecule has 0 amide bonds. The predicted octanol–water partition coefficient (Wildman–Crippen LogP) is 17.5. The normalized spacial score (nSPS) is 15.5. The standard InChI is InChI=1S/2C27H35Si.C2H6Si.2ClH.Zr/c2*1-5-15-27(16-6-7-17-27)20-21-18-23-9-8-10-25(26(23)19-21)22-11-13-24(14-12-22)28(2,3)4;1-3-2;;;/h2*8-14,18-19H,5-7,15-17,20H2,1-4H3;1-2H3;2*1H;/q2*-1;;;;+4/p-2. The third kappa shape index (κ3) is 13.6. The number of rotatable bonds is 12. The third-order valence-corrected chi connectivity index (χ3v) is 17.9. The number of hydrogen-bond acceptors (Lipinski definition) is 0. The molecule has 0 unspecified atom stereocenters. The summed E-state index contributed by atoms with van der Waals surface area (Å²) in [5.41, 5.74) is 9.73. The van der Waals surface area contributed by atoms with E-state index in [1.54, 1.807) is 11.1 Å². The maximum absolute atomic E-state index is 4.93. The van der Waals surface area contributed by atoms with Crippen LogP contribution in [0, 0.1) is 10.8 Å². The number of hydrogen-bond donors (Lipinski definition) is 0. The van der Waals surface area contributed by atoms with Gasteiger partial charge in [-0.3, -0.25) is 0 Å². The summed E-state index contributed by atoms with van der Waals surface area (Å²) in [4.78, 5) is 0. The van der Waals surface area contributed by atoms with Gasteiger partial charge in [0.2, 0.25) is 0 Å². The van der Waals surface area contributed by atoms with Gasteiger partial charge < -0.3 is 0 Å². The SMILES string of the molecule is CCCC1(Cc2cc3c(-c4ccc([Si](C)(C)C)cc4)cccc3[cH-]2)CCCC1.CCCC1(Cc2cc3c(-c4ccc([Si](C)(C)C)cc4)cccc3[cH-]2)CCCC1.C[Si]C.[Cl][Zr+2][Cl]. The molecule has 330 valence electrons. The van der Waals surface area contributed by atoms with Crippen molar-refractivity contribution in [1.29, 1.82) is 0 Å². The van der Waals surface area contributed by atoms with Gasteiger partial charge in [-0.25, -0.2) is 0 Å². The van der Waals surface area contributed by atoms with Gasteiger partial charge in [-0.05, 0) is 73.3 Å². The summed E-state index contributed by atoms with van der Waals surface area (Å²) >= 11 is -0.826. The summed E-state index contributed by atoms with van der Waals surface area (Å²) < 4.78 is 0. The van der Waals surface area contributed by atoms with Crippen molar-refractivity contribution in [3.05, 3.63) is 120 Å². The molecule has 0 nitrogen and oxygen atoms in total. The second-order valence-corrected chi connectivity index (χ2v) is 35.7. The van der Waals surface area contributed by atoms with Crippen LogP contribution in [0.4, 0.5) is 0 Å². The summed E-state index contributed by atoms with van der Waals surface area (Å²) in [7, 11) is 8.46. The molecular formula is C56H76Cl2Si3Zr. The van der Waals surface area contributed by atoms with E-state index in [1.165, 1.54) is 144 Å². The summed E-state index contributed by atoms with van der Waals surface area (Å²) in [6, 6.07) is 42.3. The van der Waals surface area contributed by atoms with Gasteiger partial charge in [0.1, 0.15) is 0 Å². The molecule has 2 radical (unpaired) electrons. The Hall–Kier alpha value is -1.79. The van der Waals surface area contributed by atoms with Crippen LogP contribution in [0.5, 0.6) is 0 Å². The summed E-state index contributed by atoms with van der Waals surface area (Å²) in [5.74, 6) is 0. The van der Waals surface area contributed by atoms with Crippen LogP contribution < -0.4 is 10.4 Å². The fourth-order valence-electron chi connectivity index (χ4n) is 10.8. The van der Waals surface area contributed by atoms with Crippen LogP contribution in [0.3, 0.4) is 0 Å². The molecule has 2 fully saturated rings. The van der Waals surface area contributed by atoms with Crippen molar-refractivity contribution in [2.45, 2.75) is 156 Å². The molecule has 0 bridgehead atoms. The van der Waals surface area contributed by atoms with Crippen LogP contribution in [-0.2, 0) is 33.7 Å². The van der Waals surface area contributed by atoms with E-state index in [9.17, 15) is 0 Å². The first-order valence-electron chi connectivity index (χ1n) is 23.8. The molecule has 6 aromatic carbocycles. The van der Waals surface area contributed by atoms with Crippen LogP contribution in [0.15, 0.2) is 109 Å². The fourth-order valence-corrected chi connectivity index (χ4v) is 13.1. The van der Waals surface area contributed by atoms with E-state index in [0.717, 1.165) is 9.52 Å². The van der Waals surface area contributed by atoms with Gasteiger partial charge in [0.05, 0.1) is 16.1 Å². The van der Waals surface area contributed by atoms with Gasteiger partial charge >= 0.3 is 37.9 Å². The molecule has 6 heteroatoms. The number of halogens is 2. The number of benzene rings is 4. The first-order chi connectivity index (χ1) is 29.6. The van der Waals surface area contributed by atoms with Crippen molar-refractivity contribution in [3.8, 4) is 22.3 Å². The summed E-state index contributed by atoms with van der Waals surface area (Å²) in [6.45, 7) is 23.5. The van der Waals surface area contributed by atoms with E-state index in [-0.39, 0.29) is 0 Å². The van der Waals surface area contributed by atoms with Crippen molar-refractivity contribution in [2.24, 2.45) is 10.8 Å². The van der Waals surface area contributed by atoms with Gasteiger partial charge in [0, 0.05) is 9.52 Å². The molecule has 62 heavy (non-hydrogen) atoms. The second kappa shape index (κ2) is 23.6. The molecule has 2 saturated carbocycles. The van der Waals surface area contributed by atoms with Gasteiger partial charge in [-0.2, -0.15) is 12.1 Å². The summed E-state index contributed by atoms with van der Waals surface area (Å²) in [5, 5.41) is 8.76. The monoisotopic (exact) mass is 992 g/mol. The topological polar surface area (TPSA) is 0 Å². The molecule has 0 spiro atoms. The average Bonchev–Trinajstić information content (AvgIpc) is 4.06. The van der Waals surface area contributed by atoms with Gasteiger partial charge in [-0.15, -0.1) is 69.1 Å². The molecular weight excluding hydrogens is 919 g/mol. The second-order valence-electron chi connectivity index (χ2n) is 20.8.